The zero-order chi connectivity index (χ0) is 16.4. The smallest absolute Gasteiger partial charge is 0.247 e. The Kier molecular flexibility index (Phi) is 4.49. The van der Waals surface area contributed by atoms with E-state index < -0.39 is 0 Å². The van der Waals surface area contributed by atoms with Gasteiger partial charge in [-0.05, 0) is 50.1 Å². The van der Waals surface area contributed by atoms with Crippen molar-refractivity contribution in [2.45, 2.75) is 31.2 Å². The summed E-state index contributed by atoms with van der Waals surface area (Å²) in [5.74, 6) is 2.50. The topological polar surface area (TPSA) is 60.6 Å². The third kappa shape index (κ3) is 3.16. The van der Waals surface area contributed by atoms with E-state index in [9.17, 15) is 0 Å². The molecule has 0 bridgehead atoms. The van der Waals surface area contributed by atoms with Crippen molar-refractivity contribution in [3.05, 3.63) is 30.2 Å². The van der Waals surface area contributed by atoms with Crippen LogP contribution in [0.2, 0.25) is 0 Å². The largest absolute Gasteiger partial charge is 0.497 e. The highest BCUT2D eigenvalue weighted by atomic mass is 16.5. The van der Waals surface area contributed by atoms with Crippen LogP contribution in [-0.4, -0.2) is 54.6 Å². The first kappa shape index (κ1) is 15.6. The van der Waals surface area contributed by atoms with Crippen molar-refractivity contribution in [2.24, 2.45) is 0 Å². The third-order valence-corrected chi connectivity index (χ3v) is 5.05. The van der Waals surface area contributed by atoms with Crippen molar-refractivity contribution >= 4 is 0 Å². The molecule has 3 heterocycles. The molecule has 2 aliphatic rings. The number of hydrogen-bond acceptors (Lipinski definition) is 6. The molecule has 2 aliphatic heterocycles. The lowest BCUT2D eigenvalue weighted by molar-refractivity contribution is 0.0417. The quantitative estimate of drug-likeness (QED) is 0.859. The molecule has 2 aromatic rings. The van der Waals surface area contributed by atoms with Gasteiger partial charge in [0.2, 0.25) is 11.8 Å². The molecule has 2 saturated heterocycles. The van der Waals surface area contributed by atoms with E-state index in [0.717, 1.165) is 62.8 Å². The number of likely N-dealkylation sites (tertiary alicyclic amines) is 1. The molecular weight excluding hydrogens is 306 g/mol. The Hall–Kier alpha value is -1.92. The Labute approximate surface area is 141 Å². The Morgan fingerprint density at radius 2 is 1.88 bits per heavy atom. The molecular formula is C18H23N3O3. The first-order chi connectivity index (χ1) is 11.8. The van der Waals surface area contributed by atoms with Crippen molar-refractivity contribution in [1.29, 1.82) is 0 Å². The van der Waals surface area contributed by atoms with Crippen LogP contribution in [0.25, 0.3) is 11.5 Å². The Balaban J connectivity index is 1.43. The van der Waals surface area contributed by atoms with Crippen LogP contribution in [0, 0.1) is 0 Å². The Morgan fingerprint density at radius 3 is 2.62 bits per heavy atom. The molecule has 0 N–H and O–H groups in total. The fraction of sp³-hybridized carbons (Fsp3) is 0.556. The lowest BCUT2D eigenvalue weighted by Gasteiger charge is -2.30. The average molecular weight is 329 g/mol. The van der Waals surface area contributed by atoms with E-state index in [1.54, 1.807) is 7.11 Å². The molecule has 1 unspecified atom stereocenters. The van der Waals surface area contributed by atoms with E-state index in [2.05, 4.69) is 15.1 Å². The minimum absolute atomic E-state index is 0.340. The molecule has 24 heavy (non-hydrogen) atoms. The number of benzene rings is 1. The van der Waals surface area contributed by atoms with E-state index in [-0.39, 0.29) is 0 Å². The van der Waals surface area contributed by atoms with E-state index in [1.165, 1.54) is 0 Å². The van der Waals surface area contributed by atoms with Crippen LogP contribution < -0.4 is 4.74 Å². The van der Waals surface area contributed by atoms with Crippen LogP contribution >= 0.6 is 0 Å². The standard InChI is InChI=1S/C18H23N3O3/c1-22-16-4-2-13(3-5-16)17-19-20-18(24-17)14-6-9-21(12-14)15-7-10-23-11-8-15/h2-5,14-15H,6-12H2,1H3. The van der Waals surface area contributed by atoms with Gasteiger partial charge >= 0.3 is 0 Å². The molecule has 4 rings (SSSR count). The molecule has 0 amide bonds. The third-order valence-electron chi connectivity index (χ3n) is 5.05. The van der Waals surface area contributed by atoms with Crippen molar-refractivity contribution in [2.75, 3.05) is 33.4 Å². The van der Waals surface area contributed by atoms with E-state index >= 15 is 0 Å². The Morgan fingerprint density at radius 1 is 1.08 bits per heavy atom. The lowest BCUT2D eigenvalue weighted by atomic mass is 10.1. The monoisotopic (exact) mass is 329 g/mol. The second kappa shape index (κ2) is 6.91. The van der Waals surface area contributed by atoms with Gasteiger partial charge < -0.3 is 13.9 Å². The summed E-state index contributed by atoms with van der Waals surface area (Å²) in [6.07, 6.45) is 3.35. The minimum atomic E-state index is 0.340. The van der Waals surface area contributed by atoms with E-state index in [4.69, 9.17) is 13.9 Å². The summed E-state index contributed by atoms with van der Waals surface area (Å²) in [6.45, 7) is 3.88. The molecule has 0 radical (unpaired) electrons. The highest BCUT2D eigenvalue weighted by Crippen LogP contribution is 2.31. The van der Waals surface area contributed by atoms with Crippen molar-refractivity contribution in [3.63, 3.8) is 0 Å². The molecule has 0 saturated carbocycles. The van der Waals surface area contributed by atoms with Crippen LogP contribution in [0.5, 0.6) is 5.75 Å². The number of ether oxygens (including phenoxy) is 2. The van der Waals surface area contributed by atoms with Gasteiger partial charge in [-0.15, -0.1) is 10.2 Å². The van der Waals surface area contributed by atoms with Gasteiger partial charge in [0.25, 0.3) is 0 Å². The highest BCUT2D eigenvalue weighted by molar-refractivity contribution is 5.54. The normalized spacial score (nSPS) is 22.8. The van der Waals surface area contributed by atoms with Crippen LogP contribution in [0.1, 0.15) is 31.1 Å². The fourth-order valence-corrected chi connectivity index (χ4v) is 3.62. The van der Waals surface area contributed by atoms with Crippen molar-refractivity contribution in [1.82, 2.24) is 15.1 Å². The van der Waals surface area contributed by atoms with Gasteiger partial charge in [-0.1, -0.05) is 0 Å². The summed E-state index contributed by atoms with van der Waals surface area (Å²) >= 11 is 0. The maximum atomic E-state index is 5.95. The summed E-state index contributed by atoms with van der Waals surface area (Å²) in [6, 6.07) is 8.34. The second-order valence-electron chi connectivity index (χ2n) is 6.50. The summed E-state index contributed by atoms with van der Waals surface area (Å²) < 4.78 is 16.6. The molecule has 6 nitrogen and oxygen atoms in total. The van der Waals surface area contributed by atoms with E-state index in [0.29, 0.717) is 17.9 Å². The van der Waals surface area contributed by atoms with Crippen LogP contribution in [0.15, 0.2) is 28.7 Å². The fourth-order valence-electron chi connectivity index (χ4n) is 3.62. The minimum Gasteiger partial charge on any atom is -0.497 e. The number of nitrogens with zero attached hydrogens (tertiary/aromatic N) is 3. The van der Waals surface area contributed by atoms with Gasteiger partial charge in [0.05, 0.1) is 13.0 Å². The van der Waals surface area contributed by atoms with Gasteiger partial charge in [-0.3, -0.25) is 4.90 Å². The summed E-state index contributed by atoms with van der Waals surface area (Å²) in [5, 5.41) is 8.53. The highest BCUT2D eigenvalue weighted by Gasteiger charge is 2.32. The number of rotatable bonds is 4. The SMILES string of the molecule is COc1ccc(-c2nnc(C3CCN(C4CCOCC4)C3)o2)cc1. The molecule has 0 aliphatic carbocycles. The molecule has 1 aromatic carbocycles. The van der Waals surface area contributed by atoms with Gasteiger partial charge in [0, 0.05) is 31.4 Å². The molecule has 128 valence electrons. The zero-order valence-corrected chi connectivity index (χ0v) is 14.0. The zero-order valence-electron chi connectivity index (χ0n) is 14.0. The predicted octanol–water partition coefficient (Wildman–Crippen LogP) is 2.71. The maximum absolute atomic E-state index is 5.95. The van der Waals surface area contributed by atoms with Gasteiger partial charge in [-0.25, -0.2) is 0 Å². The first-order valence-electron chi connectivity index (χ1n) is 8.63. The van der Waals surface area contributed by atoms with Crippen molar-refractivity contribution < 1.29 is 13.9 Å². The molecule has 6 heteroatoms. The van der Waals surface area contributed by atoms with Gasteiger partial charge in [0.1, 0.15) is 5.75 Å². The molecule has 1 aromatic heterocycles. The Bertz CT molecular complexity index is 664. The first-order valence-corrected chi connectivity index (χ1v) is 8.63. The molecule has 0 spiro atoms. The maximum Gasteiger partial charge on any atom is 0.247 e. The van der Waals surface area contributed by atoms with Crippen LogP contribution in [0.4, 0.5) is 0 Å². The second-order valence-corrected chi connectivity index (χ2v) is 6.50. The molecule has 1 atom stereocenters. The lowest BCUT2D eigenvalue weighted by Crippen LogP contribution is -2.37. The average Bonchev–Trinajstić information content (AvgIpc) is 3.32. The summed E-state index contributed by atoms with van der Waals surface area (Å²) in [7, 11) is 1.66. The van der Waals surface area contributed by atoms with Gasteiger partial charge in [0.15, 0.2) is 0 Å². The van der Waals surface area contributed by atoms with Crippen molar-refractivity contribution in [3.8, 4) is 17.2 Å². The van der Waals surface area contributed by atoms with Gasteiger partial charge in [-0.2, -0.15) is 0 Å². The number of methoxy groups -OCH3 is 1. The summed E-state index contributed by atoms with van der Waals surface area (Å²) in [5.41, 5.74) is 0.925. The predicted molar refractivity (Wildman–Crippen MR) is 89.1 cm³/mol. The summed E-state index contributed by atoms with van der Waals surface area (Å²) in [4.78, 5) is 2.56. The van der Waals surface area contributed by atoms with Crippen LogP contribution in [-0.2, 0) is 4.74 Å². The molecule has 2 fully saturated rings. The number of aromatic nitrogens is 2. The van der Waals surface area contributed by atoms with Crippen LogP contribution in [0.3, 0.4) is 0 Å². The number of hydrogen-bond donors (Lipinski definition) is 0. The van der Waals surface area contributed by atoms with E-state index in [1.807, 2.05) is 24.3 Å².